The van der Waals surface area contributed by atoms with Crippen LogP contribution in [-0.2, 0) is 4.43 Å². The van der Waals surface area contributed by atoms with Crippen molar-refractivity contribution in [1.82, 2.24) is 0 Å². The van der Waals surface area contributed by atoms with Crippen LogP contribution in [0.25, 0.3) is 0 Å². The number of aliphatic hydroxyl groups excluding tert-OH is 1. The average Bonchev–Trinajstić information content (AvgIpc) is 2.47. The molecule has 0 radical (unpaired) electrons. The Morgan fingerprint density at radius 1 is 0.957 bits per heavy atom. The Hall–Kier alpha value is -0.903. The van der Waals surface area contributed by atoms with Crippen molar-refractivity contribution < 1.29 is 9.53 Å². The van der Waals surface area contributed by atoms with Gasteiger partial charge in [0.25, 0.3) is 0 Å². The highest BCUT2D eigenvalue weighted by atomic mass is 28.4. The van der Waals surface area contributed by atoms with Crippen molar-refractivity contribution in [3.8, 4) is 0 Å². The molecule has 0 heterocycles. The van der Waals surface area contributed by atoms with Gasteiger partial charge < -0.3 is 9.53 Å². The molecule has 3 heteroatoms. The molecule has 0 spiro atoms. The molecule has 0 unspecified atom stereocenters. The van der Waals surface area contributed by atoms with Gasteiger partial charge >= 0.3 is 0 Å². The second-order valence-corrected chi connectivity index (χ2v) is 13.0. The van der Waals surface area contributed by atoms with Crippen molar-refractivity contribution in [3.05, 3.63) is 48.0 Å². The van der Waals surface area contributed by atoms with Gasteiger partial charge in [-0.1, -0.05) is 84.0 Å². The molecule has 0 saturated carbocycles. The summed E-state index contributed by atoms with van der Waals surface area (Å²) in [4.78, 5) is 0. The second-order valence-electron chi connectivity index (χ2n) is 7.56. The Labute approximate surface area is 143 Å². The van der Waals surface area contributed by atoms with E-state index < -0.39 is 14.4 Å². The third kappa shape index (κ3) is 4.34. The van der Waals surface area contributed by atoms with E-state index in [0.29, 0.717) is 16.6 Å². The van der Waals surface area contributed by atoms with Crippen LogP contribution in [-0.4, -0.2) is 19.5 Å². The van der Waals surface area contributed by atoms with Gasteiger partial charge in [-0.15, -0.1) is 0 Å². The first-order valence-corrected chi connectivity index (χ1v) is 10.8. The van der Waals surface area contributed by atoms with Gasteiger partial charge in [0.2, 0.25) is 8.32 Å². The molecular weight excluding hydrogens is 300 g/mol. The van der Waals surface area contributed by atoms with Crippen LogP contribution in [0, 0.1) is 0 Å². The normalized spacial score (nSPS) is 15.3. The fourth-order valence-electron chi connectivity index (χ4n) is 3.89. The molecule has 0 aliphatic carbocycles. The Kier molecular flexibility index (Phi) is 7.24. The van der Waals surface area contributed by atoms with E-state index in [1.54, 1.807) is 0 Å². The van der Waals surface area contributed by atoms with Crippen LogP contribution in [0.3, 0.4) is 0 Å². The summed E-state index contributed by atoms with van der Waals surface area (Å²) in [7, 11) is -2.07. The number of aliphatic hydroxyl groups is 1. The molecule has 1 rings (SSSR count). The predicted molar refractivity (Wildman–Crippen MR) is 102 cm³/mol. The van der Waals surface area contributed by atoms with Gasteiger partial charge in [0.15, 0.2) is 0 Å². The molecule has 0 aliphatic heterocycles. The van der Waals surface area contributed by atoms with E-state index in [9.17, 15) is 5.11 Å². The third-order valence-electron chi connectivity index (χ3n) is 4.95. The number of hydrogen-bond acceptors (Lipinski definition) is 2. The van der Waals surface area contributed by atoms with Crippen LogP contribution in [0.15, 0.2) is 42.5 Å². The van der Waals surface area contributed by atoms with Gasteiger partial charge in [0.05, 0.1) is 6.10 Å². The van der Waals surface area contributed by atoms with E-state index in [2.05, 4.69) is 48.1 Å². The SMILES string of the molecule is C=C(C)[C@H](O[Si](C(C)C)(C(C)C)C(C)C)[C@H](O)c1ccccc1. The highest BCUT2D eigenvalue weighted by Crippen LogP contribution is 2.44. The Balaban J connectivity index is 3.22. The number of benzene rings is 1. The molecule has 0 aromatic heterocycles. The minimum absolute atomic E-state index is 0.351. The zero-order chi connectivity index (χ0) is 17.8. The highest BCUT2D eigenvalue weighted by molar-refractivity contribution is 6.77. The van der Waals surface area contributed by atoms with Gasteiger partial charge in [-0.05, 0) is 29.1 Å². The Morgan fingerprint density at radius 3 is 1.74 bits per heavy atom. The van der Waals surface area contributed by atoms with Crippen LogP contribution in [0.2, 0.25) is 16.6 Å². The lowest BCUT2D eigenvalue weighted by Gasteiger charge is -2.45. The first kappa shape index (κ1) is 20.1. The highest BCUT2D eigenvalue weighted by Gasteiger charge is 2.47. The summed E-state index contributed by atoms with van der Waals surface area (Å²) >= 11 is 0. The van der Waals surface area contributed by atoms with E-state index in [-0.39, 0.29) is 6.10 Å². The summed E-state index contributed by atoms with van der Waals surface area (Å²) in [5, 5.41) is 10.9. The van der Waals surface area contributed by atoms with E-state index in [1.165, 1.54) is 0 Å². The first-order valence-electron chi connectivity index (χ1n) is 8.70. The maximum atomic E-state index is 10.9. The lowest BCUT2D eigenvalue weighted by Crippen LogP contribution is -2.51. The van der Waals surface area contributed by atoms with Crippen molar-refractivity contribution in [1.29, 1.82) is 0 Å². The van der Waals surface area contributed by atoms with Gasteiger partial charge in [-0.2, -0.15) is 0 Å². The van der Waals surface area contributed by atoms with Crippen LogP contribution >= 0.6 is 0 Å². The monoisotopic (exact) mass is 334 g/mol. The minimum atomic E-state index is -2.07. The lowest BCUT2D eigenvalue weighted by atomic mass is 10.0. The molecule has 23 heavy (non-hydrogen) atoms. The summed E-state index contributed by atoms with van der Waals surface area (Å²) < 4.78 is 6.79. The largest absolute Gasteiger partial charge is 0.406 e. The first-order chi connectivity index (χ1) is 10.6. The molecule has 0 amide bonds. The van der Waals surface area contributed by atoms with Crippen molar-refractivity contribution in [2.45, 2.75) is 77.3 Å². The third-order valence-corrected chi connectivity index (χ3v) is 11.0. The summed E-state index contributed by atoms with van der Waals surface area (Å²) in [6.45, 7) is 19.6. The number of hydrogen-bond donors (Lipinski definition) is 1. The Morgan fingerprint density at radius 2 is 1.39 bits per heavy atom. The van der Waals surface area contributed by atoms with Crippen LogP contribution < -0.4 is 0 Å². The zero-order valence-electron chi connectivity index (χ0n) is 15.8. The second kappa shape index (κ2) is 8.27. The standard InChI is InChI=1S/C20H34O2Si/c1-14(2)20(19(21)18-12-10-9-11-13-18)22-23(15(3)4,16(5)6)17(7)8/h9-13,15-17,19-21H,1H2,2-8H3/t19-,20+/m1/s1. The molecule has 0 fully saturated rings. The molecule has 2 nitrogen and oxygen atoms in total. The summed E-state index contributed by atoms with van der Waals surface area (Å²) in [6, 6.07) is 9.76. The molecule has 1 aromatic carbocycles. The maximum absolute atomic E-state index is 10.9. The topological polar surface area (TPSA) is 29.5 Å². The molecule has 1 aromatic rings. The minimum Gasteiger partial charge on any atom is -0.406 e. The summed E-state index contributed by atoms with van der Waals surface area (Å²) in [5.41, 5.74) is 3.21. The molecule has 1 N–H and O–H groups in total. The predicted octanol–water partition coefficient (Wildman–Crippen LogP) is 5.86. The lowest BCUT2D eigenvalue weighted by molar-refractivity contribution is 0.0459. The number of rotatable bonds is 8. The van der Waals surface area contributed by atoms with Crippen LogP contribution in [0.1, 0.15) is 60.1 Å². The molecule has 2 atom stereocenters. The fourth-order valence-corrected chi connectivity index (χ4v) is 9.47. The van der Waals surface area contributed by atoms with E-state index in [0.717, 1.165) is 11.1 Å². The molecular formula is C20H34O2Si. The molecule has 0 aliphatic rings. The van der Waals surface area contributed by atoms with Gasteiger partial charge in [0, 0.05) is 0 Å². The van der Waals surface area contributed by atoms with Crippen LogP contribution in [0.5, 0.6) is 0 Å². The van der Waals surface area contributed by atoms with Crippen molar-refractivity contribution in [3.63, 3.8) is 0 Å². The van der Waals surface area contributed by atoms with E-state index >= 15 is 0 Å². The van der Waals surface area contributed by atoms with E-state index in [4.69, 9.17) is 4.43 Å². The van der Waals surface area contributed by atoms with Gasteiger partial charge in [-0.3, -0.25) is 0 Å². The summed E-state index contributed by atoms with van der Waals surface area (Å²) in [6.07, 6.45) is -1.02. The van der Waals surface area contributed by atoms with Crippen molar-refractivity contribution in [2.24, 2.45) is 0 Å². The van der Waals surface area contributed by atoms with E-state index in [1.807, 2.05) is 37.3 Å². The molecule has 0 saturated heterocycles. The zero-order valence-corrected chi connectivity index (χ0v) is 16.8. The quantitative estimate of drug-likeness (QED) is 0.477. The van der Waals surface area contributed by atoms with Gasteiger partial charge in [-0.25, -0.2) is 0 Å². The average molecular weight is 335 g/mol. The van der Waals surface area contributed by atoms with Gasteiger partial charge in [0.1, 0.15) is 6.10 Å². The smallest absolute Gasteiger partial charge is 0.201 e. The summed E-state index contributed by atoms with van der Waals surface area (Å²) in [5.74, 6) is 0. The fraction of sp³-hybridized carbons (Fsp3) is 0.600. The maximum Gasteiger partial charge on any atom is 0.201 e. The Bertz CT molecular complexity index is 472. The van der Waals surface area contributed by atoms with Crippen molar-refractivity contribution >= 4 is 8.32 Å². The van der Waals surface area contributed by atoms with Crippen LogP contribution in [0.4, 0.5) is 0 Å². The molecule has 0 bridgehead atoms. The van der Waals surface area contributed by atoms with Crippen molar-refractivity contribution in [2.75, 3.05) is 0 Å². The molecule has 130 valence electrons.